The van der Waals surface area contributed by atoms with Gasteiger partial charge < -0.3 is 14.4 Å². The number of ether oxygens (including phenoxy) is 2. The number of hydrogen-bond acceptors (Lipinski definition) is 5. The molecule has 166 valence electrons. The maximum absolute atomic E-state index is 13.2. The number of piperidine rings is 2. The van der Waals surface area contributed by atoms with Crippen LogP contribution in [0.15, 0.2) is 29.2 Å². The maximum Gasteiger partial charge on any atom is 0.243 e. The molecule has 0 bridgehead atoms. The lowest BCUT2D eigenvalue weighted by Gasteiger charge is -2.42. The number of carbonyl (C=O) groups is 1. The predicted molar refractivity (Wildman–Crippen MR) is 107 cm³/mol. The minimum Gasteiger partial charge on any atom is -0.347 e. The Bertz CT molecular complexity index is 870. The van der Waals surface area contributed by atoms with Gasteiger partial charge in [-0.25, -0.2) is 12.8 Å². The molecule has 30 heavy (non-hydrogen) atoms. The first-order valence-electron chi connectivity index (χ1n) is 10.6. The minimum absolute atomic E-state index is 0.000281. The van der Waals surface area contributed by atoms with Gasteiger partial charge in [0.1, 0.15) is 5.82 Å². The Hall–Kier alpha value is -1.55. The van der Waals surface area contributed by atoms with Gasteiger partial charge in [0.25, 0.3) is 0 Å². The highest BCUT2D eigenvalue weighted by Gasteiger charge is 2.44. The second kappa shape index (κ2) is 8.53. The van der Waals surface area contributed by atoms with Crippen LogP contribution in [0.5, 0.6) is 0 Å². The number of nitrogens with zero attached hydrogens (tertiary/aromatic N) is 2. The van der Waals surface area contributed by atoms with E-state index in [1.807, 2.05) is 11.8 Å². The Morgan fingerprint density at radius 3 is 2.43 bits per heavy atom. The van der Waals surface area contributed by atoms with Crippen molar-refractivity contribution < 1.29 is 27.1 Å². The van der Waals surface area contributed by atoms with Crippen LogP contribution in [0.1, 0.15) is 32.6 Å². The summed E-state index contributed by atoms with van der Waals surface area (Å²) in [4.78, 5) is 15.1. The van der Waals surface area contributed by atoms with Crippen molar-refractivity contribution in [1.29, 1.82) is 0 Å². The maximum atomic E-state index is 13.2. The Morgan fingerprint density at radius 1 is 1.07 bits per heavy atom. The lowest BCUT2D eigenvalue weighted by atomic mass is 9.89. The Labute approximate surface area is 177 Å². The van der Waals surface area contributed by atoms with Gasteiger partial charge in [-0.1, -0.05) is 0 Å². The fourth-order valence-electron chi connectivity index (χ4n) is 4.75. The molecule has 9 heteroatoms. The van der Waals surface area contributed by atoms with E-state index in [4.69, 9.17) is 9.47 Å². The third kappa shape index (κ3) is 4.26. The summed E-state index contributed by atoms with van der Waals surface area (Å²) in [5.41, 5.74) is 0. The number of hydrogen-bond donors (Lipinski definition) is 0. The molecule has 0 spiro atoms. The fourth-order valence-corrected chi connectivity index (χ4v) is 6.27. The molecule has 3 heterocycles. The number of benzene rings is 1. The van der Waals surface area contributed by atoms with E-state index in [0.29, 0.717) is 45.7 Å². The zero-order chi connectivity index (χ0) is 21.4. The van der Waals surface area contributed by atoms with Crippen molar-refractivity contribution in [2.75, 3.05) is 39.4 Å². The monoisotopic (exact) mass is 440 g/mol. The Balaban J connectivity index is 1.43. The number of rotatable bonds is 4. The Kier molecular flexibility index (Phi) is 6.16. The van der Waals surface area contributed by atoms with Gasteiger partial charge in [0.2, 0.25) is 15.9 Å². The van der Waals surface area contributed by atoms with Gasteiger partial charge >= 0.3 is 0 Å². The SMILES string of the molecule is CC1(C2CCCN(C(=O)C3CCCN(S(=O)(=O)c4ccc(F)cc4)C3)C2)OCCO1. The molecule has 3 aliphatic heterocycles. The average molecular weight is 441 g/mol. The van der Waals surface area contributed by atoms with E-state index >= 15 is 0 Å². The van der Waals surface area contributed by atoms with Gasteiger partial charge in [-0.05, 0) is 56.9 Å². The van der Waals surface area contributed by atoms with Crippen LogP contribution >= 0.6 is 0 Å². The zero-order valence-corrected chi connectivity index (χ0v) is 18.1. The lowest BCUT2D eigenvalue weighted by Crippen LogP contribution is -2.52. The van der Waals surface area contributed by atoms with E-state index < -0.39 is 21.6 Å². The second-order valence-electron chi connectivity index (χ2n) is 8.49. The molecule has 0 saturated carbocycles. The zero-order valence-electron chi connectivity index (χ0n) is 17.3. The summed E-state index contributed by atoms with van der Waals surface area (Å²) in [6, 6.07) is 4.82. The van der Waals surface area contributed by atoms with Crippen LogP contribution in [0.4, 0.5) is 4.39 Å². The first-order valence-corrected chi connectivity index (χ1v) is 12.1. The number of likely N-dealkylation sites (tertiary alicyclic amines) is 1. The topological polar surface area (TPSA) is 76.2 Å². The molecule has 2 atom stereocenters. The van der Waals surface area contributed by atoms with E-state index in [1.165, 1.54) is 16.4 Å². The molecule has 3 aliphatic rings. The number of sulfonamides is 1. The van der Waals surface area contributed by atoms with Gasteiger partial charge in [0.15, 0.2) is 5.79 Å². The van der Waals surface area contributed by atoms with E-state index in [9.17, 15) is 17.6 Å². The molecule has 2 unspecified atom stereocenters. The summed E-state index contributed by atoms with van der Waals surface area (Å²) >= 11 is 0. The first-order chi connectivity index (χ1) is 14.3. The van der Waals surface area contributed by atoms with Crippen LogP contribution in [0.2, 0.25) is 0 Å². The van der Waals surface area contributed by atoms with E-state index in [1.54, 1.807) is 0 Å². The standard InChI is InChI=1S/C21H29FN2O5S/c1-21(28-12-13-29-21)17-5-3-10-23(15-17)20(25)16-4-2-11-24(14-16)30(26,27)19-8-6-18(22)7-9-19/h6-9,16-17H,2-5,10-15H2,1H3. The van der Waals surface area contributed by atoms with Crippen molar-refractivity contribution in [3.05, 3.63) is 30.1 Å². The molecule has 7 nitrogen and oxygen atoms in total. The molecular formula is C21H29FN2O5S. The van der Waals surface area contributed by atoms with Gasteiger partial charge in [-0.3, -0.25) is 4.79 Å². The van der Waals surface area contributed by atoms with Crippen molar-refractivity contribution in [2.45, 2.75) is 43.3 Å². The van der Waals surface area contributed by atoms with Crippen molar-refractivity contribution in [2.24, 2.45) is 11.8 Å². The van der Waals surface area contributed by atoms with Crippen molar-refractivity contribution in [3.63, 3.8) is 0 Å². The van der Waals surface area contributed by atoms with Crippen LogP contribution in [0, 0.1) is 17.7 Å². The van der Waals surface area contributed by atoms with Crippen LogP contribution in [-0.2, 0) is 24.3 Å². The molecule has 1 amide bonds. The molecule has 3 saturated heterocycles. The van der Waals surface area contributed by atoms with E-state index in [-0.39, 0.29) is 29.2 Å². The summed E-state index contributed by atoms with van der Waals surface area (Å²) < 4.78 is 52.1. The second-order valence-corrected chi connectivity index (χ2v) is 10.4. The third-order valence-corrected chi connectivity index (χ3v) is 8.40. The summed E-state index contributed by atoms with van der Waals surface area (Å²) in [5, 5.41) is 0. The molecule has 0 aliphatic carbocycles. The average Bonchev–Trinajstić information content (AvgIpc) is 3.21. The summed E-state index contributed by atoms with van der Waals surface area (Å²) in [6.07, 6.45) is 3.11. The summed E-state index contributed by atoms with van der Waals surface area (Å²) in [6.45, 7) is 4.84. The summed E-state index contributed by atoms with van der Waals surface area (Å²) in [5.74, 6) is -1.39. The molecule has 0 N–H and O–H groups in total. The molecule has 3 fully saturated rings. The van der Waals surface area contributed by atoms with Crippen LogP contribution < -0.4 is 0 Å². The quantitative estimate of drug-likeness (QED) is 0.718. The first kappa shape index (κ1) is 21.7. The van der Waals surface area contributed by atoms with Crippen molar-refractivity contribution in [1.82, 2.24) is 9.21 Å². The highest BCUT2D eigenvalue weighted by Crippen LogP contribution is 2.35. The lowest BCUT2D eigenvalue weighted by molar-refractivity contribution is -0.193. The molecular weight excluding hydrogens is 411 g/mol. The van der Waals surface area contributed by atoms with Gasteiger partial charge in [0, 0.05) is 32.1 Å². The normalized spacial score (nSPS) is 27.9. The van der Waals surface area contributed by atoms with E-state index in [2.05, 4.69) is 0 Å². The van der Waals surface area contributed by atoms with Crippen molar-refractivity contribution in [3.8, 4) is 0 Å². The van der Waals surface area contributed by atoms with Gasteiger partial charge in [0.05, 0.1) is 24.0 Å². The largest absolute Gasteiger partial charge is 0.347 e. The van der Waals surface area contributed by atoms with Gasteiger partial charge in [-0.2, -0.15) is 4.31 Å². The highest BCUT2D eigenvalue weighted by molar-refractivity contribution is 7.89. The predicted octanol–water partition coefficient (Wildman–Crippen LogP) is 2.23. The molecule has 1 aromatic rings. The van der Waals surface area contributed by atoms with Crippen LogP contribution in [-0.4, -0.2) is 68.7 Å². The van der Waals surface area contributed by atoms with Crippen LogP contribution in [0.25, 0.3) is 0 Å². The van der Waals surface area contributed by atoms with E-state index in [0.717, 1.165) is 25.0 Å². The van der Waals surface area contributed by atoms with Crippen LogP contribution in [0.3, 0.4) is 0 Å². The third-order valence-electron chi connectivity index (χ3n) is 6.52. The highest BCUT2D eigenvalue weighted by atomic mass is 32.2. The number of carbonyl (C=O) groups excluding carboxylic acids is 1. The fraction of sp³-hybridized carbons (Fsp3) is 0.667. The molecule has 4 rings (SSSR count). The van der Waals surface area contributed by atoms with Crippen molar-refractivity contribution >= 4 is 15.9 Å². The number of amides is 1. The van der Waals surface area contributed by atoms with Gasteiger partial charge in [-0.15, -0.1) is 0 Å². The summed E-state index contributed by atoms with van der Waals surface area (Å²) in [7, 11) is -3.75. The minimum atomic E-state index is -3.75. The number of halogens is 1. The smallest absolute Gasteiger partial charge is 0.243 e. The molecule has 0 aromatic heterocycles. The molecule has 1 aromatic carbocycles. The molecule has 0 radical (unpaired) electrons. The Morgan fingerprint density at radius 2 is 1.73 bits per heavy atom.